The van der Waals surface area contributed by atoms with Crippen LogP contribution in [0, 0.1) is 0 Å². The van der Waals surface area contributed by atoms with Gasteiger partial charge in [-0.25, -0.2) is 8.42 Å². The predicted molar refractivity (Wildman–Crippen MR) is 91.2 cm³/mol. The summed E-state index contributed by atoms with van der Waals surface area (Å²) >= 11 is 7.52. The number of carbonyl (C=O) groups excluding carboxylic acids is 1. The van der Waals surface area contributed by atoms with E-state index >= 15 is 0 Å². The zero-order valence-corrected chi connectivity index (χ0v) is 14.9. The number of carbonyl (C=O) groups is 1. The van der Waals surface area contributed by atoms with Crippen LogP contribution in [0.15, 0.2) is 29.2 Å². The molecule has 1 aromatic rings. The smallest absolute Gasteiger partial charge is 0.222 e. The fourth-order valence-electron chi connectivity index (χ4n) is 2.41. The third-order valence-electron chi connectivity index (χ3n) is 3.77. The Morgan fingerprint density at radius 1 is 1.36 bits per heavy atom. The Labute approximate surface area is 141 Å². The van der Waals surface area contributed by atoms with Gasteiger partial charge in [-0.1, -0.05) is 11.6 Å². The molecule has 1 aliphatic rings. The maximum Gasteiger partial charge on any atom is 0.222 e. The molecule has 0 aromatic heterocycles. The summed E-state index contributed by atoms with van der Waals surface area (Å²) in [6, 6.07) is 7.47. The van der Waals surface area contributed by atoms with Gasteiger partial charge in [0.2, 0.25) is 5.91 Å². The normalized spacial score (nSPS) is 20.0. The first-order valence-electron chi connectivity index (χ1n) is 7.22. The molecule has 0 radical (unpaired) electrons. The van der Waals surface area contributed by atoms with Crippen LogP contribution in [-0.2, 0) is 14.6 Å². The Balaban J connectivity index is 1.70. The van der Waals surface area contributed by atoms with Gasteiger partial charge in [-0.2, -0.15) is 0 Å². The molecule has 2 rings (SSSR count). The van der Waals surface area contributed by atoms with Gasteiger partial charge in [0.1, 0.15) is 0 Å². The van der Waals surface area contributed by atoms with Gasteiger partial charge in [0.15, 0.2) is 9.84 Å². The van der Waals surface area contributed by atoms with Gasteiger partial charge in [-0.15, -0.1) is 11.8 Å². The molecule has 0 N–H and O–H groups in total. The van der Waals surface area contributed by atoms with E-state index in [1.54, 1.807) is 23.7 Å². The Bertz CT molecular complexity index is 616. The molecule has 0 bridgehead atoms. The molecule has 1 atom stereocenters. The summed E-state index contributed by atoms with van der Waals surface area (Å²) in [6.07, 6.45) is 1.79. The van der Waals surface area contributed by atoms with Crippen molar-refractivity contribution in [2.24, 2.45) is 0 Å². The van der Waals surface area contributed by atoms with E-state index in [2.05, 4.69) is 0 Å². The lowest BCUT2D eigenvalue weighted by Crippen LogP contribution is -2.37. The quantitative estimate of drug-likeness (QED) is 0.577. The van der Waals surface area contributed by atoms with Crippen LogP contribution in [-0.4, -0.2) is 49.6 Å². The molecule has 1 heterocycles. The van der Waals surface area contributed by atoms with Crippen molar-refractivity contribution in [3.8, 4) is 0 Å². The van der Waals surface area contributed by atoms with Crippen molar-refractivity contribution in [3.05, 3.63) is 29.3 Å². The topological polar surface area (TPSA) is 54.5 Å². The number of amides is 1. The fourth-order valence-corrected chi connectivity index (χ4v) is 5.16. The zero-order valence-electron chi connectivity index (χ0n) is 12.5. The van der Waals surface area contributed by atoms with E-state index in [4.69, 9.17) is 11.6 Å². The molecule has 0 spiro atoms. The number of benzene rings is 1. The number of hydrogen-bond donors (Lipinski definition) is 0. The number of rotatable bonds is 6. The highest BCUT2D eigenvalue weighted by Crippen LogP contribution is 2.22. The highest BCUT2D eigenvalue weighted by atomic mass is 35.5. The van der Waals surface area contributed by atoms with E-state index in [1.807, 2.05) is 24.3 Å². The van der Waals surface area contributed by atoms with Crippen LogP contribution in [0.2, 0.25) is 5.02 Å². The van der Waals surface area contributed by atoms with E-state index in [0.717, 1.165) is 17.1 Å². The van der Waals surface area contributed by atoms with E-state index in [1.165, 1.54) is 0 Å². The monoisotopic (exact) mass is 361 g/mol. The van der Waals surface area contributed by atoms with Crippen LogP contribution < -0.4 is 0 Å². The first kappa shape index (κ1) is 17.6. The van der Waals surface area contributed by atoms with Gasteiger partial charge in [0.05, 0.1) is 11.5 Å². The third-order valence-corrected chi connectivity index (χ3v) is 6.87. The summed E-state index contributed by atoms with van der Waals surface area (Å²) < 4.78 is 22.9. The summed E-state index contributed by atoms with van der Waals surface area (Å²) in [5, 5.41) is 0.715. The summed E-state index contributed by atoms with van der Waals surface area (Å²) in [4.78, 5) is 14.8. The number of nitrogens with zero attached hydrogens (tertiary/aromatic N) is 1. The first-order valence-corrected chi connectivity index (χ1v) is 10.4. The predicted octanol–water partition coefficient (Wildman–Crippen LogP) is 2.86. The van der Waals surface area contributed by atoms with Crippen molar-refractivity contribution >= 4 is 39.1 Å². The minimum Gasteiger partial charge on any atom is -0.342 e. The van der Waals surface area contributed by atoms with E-state index in [-0.39, 0.29) is 23.5 Å². The van der Waals surface area contributed by atoms with Gasteiger partial charge in [0.25, 0.3) is 0 Å². The van der Waals surface area contributed by atoms with Crippen molar-refractivity contribution in [2.45, 2.75) is 30.2 Å². The molecule has 22 heavy (non-hydrogen) atoms. The Morgan fingerprint density at radius 2 is 2.05 bits per heavy atom. The minimum absolute atomic E-state index is 0.0267. The number of hydrogen-bond acceptors (Lipinski definition) is 4. The first-order chi connectivity index (χ1) is 10.4. The lowest BCUT2D eigenvalue weighted by Gasteiger charge is -2.23. The van der Waals surface area contributed by atoms with E-state index < -0.39 is 9.84 Å². The Hall–Kier alpha value is -0.720. The summed E-state index contributed by atoms with van der Waals surface area (Å²) in [5.74, 6) is 1.18. The van der Waals surface area contributed by atoms with Crippen LogP contribution in [0.5, 0.6) is 0 Å². The van der Waals surface area contributed by atoms with Gasteiger partial charge >= 0.3 is 0 Å². The number of sulfone groups is 1. The molecule has 0 saturated carbocycles. The summed E-state index contributed by atoms with van der Waals surface area (Å²) in [7, 11) is -1.24. The largest absolute Gasteiger partial charge is 0.342 e. The zero-order chi connectivity index (χ0) is 16.2. The standard InChI is InChI=1S/C15H20ClNO3S2/c1-17(13-8-10-22(19,20)11-13)15(18)3-2-9-21-14-6-4-12(16)5-7-14/h4-7,13H,2-3,8-11H2,1H3. The molecule has 4 nitrogen and oxygen atoms in total. The maximum atomic E-state index is 12.1. The van der Waals surface area contributed by atoms with E-state index in [0.29, 0.717) is 17.9 Å². The van der Waals surface area contributed by atoms with Crippen molar-refractivity contribution in [1.29, 1.82) is 0 Å². The molecule has 0 aliphatic carbocycles. The Kier molecular flexibility index (Phi) is 6.17. The van der Waals surface area contributed by atoms with Gasteiger partial charge in [-0.05, 0) is 42.9 Å². The molecule has 1 aliphatic heterocycles. The molecule has 1 amide bonds. The molecule has 1 saturated heterocycles. The fraction of sp³-hybridized carbons (Fsp3) is 0.533. The summed E-state index contributed by atoms with van der Waals surface area (Å²) in [5.41, 5.74) is 0. The van der Waals surface area contributed by atoms with Crippen molar-refractivity contribution in [2.75, 3.05) is 24.3 Å². The highest BCUT2D eigenvalue weighted by Gasteiger charge is 2.32. The number of thioether (sulfide) groups is 1. The summed E-state index contributed by atoms with van der Waals surface area (Å²) in [6.45, 7) is 0. The van der Waals surface area contributed by atoms with Crippen LogP contribution in [0.4, 0.5) is 0 Å². The SMILES string of the molecule is CN(C(=O)CCCSc1ccc(Cl)cc1)C1CCS(=O)(=O)C1. The van der Waals surface area contributed by atoms with Gasteiger partial charge in [0, 0.05) is 29.4 Å². The van der Waals surface area contributed by atoms with Gasteiger partial charge in [-0.3, -0.25) is 4.79 Å². The average molecular weight is 362 g/mol. The van der Waals surface area contributed by atoms with Crippen LogP contribution in [0.1, 0.15) is 19.3 Å². The van der Waals surface area contributed by atoms with Gasteiger partial charge < -0.3 is 4.90 Å². The van der Waals surface area contributed by atoms with Crippen LogP contribution in [0.3, 0.4) is 0 Å². The van der Waals surface area contributed by atoms with Crippen molar-refractivity contribution in [3.63, 3.8) is 0 Å². The second-order valence-electron chi connectivity index (χ2n) is 5.47. The molecule has 1 unspecified atom stereocenters. The van der Waals surface area contributed by atoms with Crippen LogP contribution >= 0.6 is 23.4 Å². The Morgan fingerprint density at radius 3 is 2.64 bits per heavy atom. The van der Waals surface area contributed by atoms with E-state index in [9.17, 15) is 13.2 Å². The lowest BCUT2D eigenvalue weighted by molar-refractivity contribution is -0.131. The maximum absolute atomic E-state index is 12.1. The average Bonchev–Trinajstić information content (AvgIpc) is 2.84. The molecular weight excluding hydrogens is 342 g/mol. The molecular formula is C15H20ClNO3S2. The second-order valence-corrected chi connectivity index (χ2v) is 9.30. The third kappa shape index (κ3) is 5.18. The molecule has 1 aromatic carbocycles. The minimum atomic E-state index is -2.95. The van der Waals surface area contributed by atoms with Crippen molar-refractivity contribution in [1.82, 2.24) is 4.90 Å². The van der Waals surface area contributed by atoms with Crippen LogP contribution in [0.25, 0.3) is 0 Å². The van der Waals surface area contributed by atoms with Crippen molar-refractivity contribution < 1.29 is 13.2 Å². The molecule has 1 fully saturated rings. The lowest BCUT2D eigenvalue weighted by atomic mass is 10.2. The number of halogens is 1. The molecule has 122 valence electrons. The molecule has 7 heteroatoms. The highest BCUT2D eigenvalue weighted by molar-refractivity contribution is 7.99. The second kappa shape index (κ2) is 7.70.